The van der Waals surface area contributed by atoms with Gasteiger partial charge in [0, 0.05) is 5.92 Å². The zero-order chi connectivity index (χ0) is 18.0. The summed E-state index contributed by atoms with van der Waals surface area (Å²) in [5.74, 6) is -3.65. The quantitative estimate of drug-likeness (QED) is 0.573. The Morgan fingerprint density at radius 2 is 1.52 bits per heavy atom. The molecule has 6 heteroatoms. The number of hydrogen-bond donors (Lipinski definition) is 4. The smallest absolute Gasteiger partial charge is 0.335 e. The van der Waals surface area contributed by atoms with E-state index in [1.54, 1.807) is 6.92 Å². The minimum Gasteiger partial charge on any atom is -0.478 e. The fourth-order valence-corrected chi connectivity index (χ4v) is 2.18. The van der Waals surface area contributed by atoms with Crippen molar-refractivity contribution < 1.29 is 30.0 Å². The Kier molecular flexibility index (Phi) is 9.14. The molecular formula is C17H26O6. The number of carboxylic acid groups (broad SMARTS) is 2. The van der Waals surface area contributed by atoms with Crippen molar-refractivity contribution in [3.8, 4) is 0 Å². The summed E-state index contributed by atoms with van der Waals surface area (Å²) >= 11 is 0. The predicted molar refractivity (Wildman–Crippen MR) is 86.5 cm³/mol. The molecule has 1 unspecified atom stereocenters. The second-order valence-corrected chi connectivity index (χ2v) is 5.32. The molecule has 0 amide bonds. The molecule has 1 atom stereocenters. The maximum absolute atomic E-state index is 10.4. The summed E-state index contributed by atoms with van der Waals surface area (Å²) < 4.78 is 0. The zero-order valence-corrected chi connectivity index (χ0v) is 13.8. The minimum absolute atomic E-state index is 0.0186. The van der Waals surface area contributed by atoms with Crippen LogP contribution >= 0.6 is 0 Å². The largest absolute Gasteiger partial charge is 0.478 e. The van der Waals surface area contributed by atoms with Gasteiger partial charge < -0.3 is 20.4 Å². The molecule has 0 aliphatic heterocycles. The van der Waals surface area contributed by atoms with Crippen molar-refractivity contribution in [3.63, 3.8) is 0 Å². The molecule has 1 rings (SSSR count). The fraction of sp³-hybridized carbons (Fsp3) is 0.529. The summed E-state index contributed by atoms with van der Waals surface area (Å²) in [6, 6.07) is 5.20. The van der Waals surface area contributed by atoms with Crippen molar-refractivity contribution in [2.45, 2.75) is 52.2 Å². The summed E-state index contributed by atoms with van der Waals surface area (Å²) in [6.45, 7) is 5.86. The first-order valence-corrected chi connectivity index (χ1v) is 7.70. The molecule has 0 fully saturated rings. The molecule has 0 bridgehead atoms. The lowest BCUT2D eigenvalue weighted by Crippen LogP contribution is -2.36. The van der Waals surface area contributed by atoms with Gasteiger partial charge in [-0.1, -0.05) is 33.3 Å². The average molecular weight is 326 g/mol. The summed E-state index contributed by atoms with van der Waals surface area (Å²) in [4.78, 5) is 20.8. The Morgan fingerprint density at radius 1 is 1.04 bits per heavy atom. The van der Waals surface area contributed by atoms with Crippen LogP contribution in [0.25, 0.3) is 0 Å². The van der Waals surface area contributed by atoms with Crippen molar-refractivity contribution in [1.82, 2.24) is 0 Å². The summed E-state index contributed by atoms with van der Waals surface area (Å²) in [5, 5.41) is 35.9. The normalized spacial score (nSPS) is 12.0. The summed E-state index contributed by atoms with van der Waals surface area (Å²) in [7, 11) is 0. The molecule has 1 aromatic carbocycles. The van der Waals surface area contributed by atoms with Crippen molar-refractivity contribution in [1.29, 1.82) is 0 Å². The number of rotatable bonds is 7. The van der Waals surface area contributed by atoms with Crippen LogP contribution in [-0.4, -0.2) is 38.2 Å². The number of aromatic carboxylic acids is 2. The van der Waals surface area contributed by atoms with Crippen LogP contribution in [0.15, 0.2) is 24.3 Å². The van der Waals surface area contributed by atoms with Crippen LogP contribution in [0.5, 0.6) is 0 Å². The van der Waals surface area contributed by atoms with E-state index in [0.717, 1.165) is 25.3 Å². The van der Waals surface area contributed by atoms with E-state index < -0.39 is 17.7 Å². The van der Waals surface area contributed by atoms with Crippen molar-refractivity contribution >= 4 is 11.9 Å². The van der Waals surface area contributed by atoms with E-state index in [0.29, 0.717) is 6.42 Å². The standard InChI is InChI=1S/C9H20O2.C8H6O4/c1-4-7-8(5-2)9(10,11)6-3;9-7(10)5-2-1-3-6(4-5)8(11)12/h8,10-11H,4-7H2,1-3H3;1-4H,(H,9,10)(H,11,12). The van der Waals surface area contributed by atoms with E-state index in [2.05, 4.69) is 6.92 Å². The Bertz CT molecular complexity index is 480. The third kappa shape index (κ3) is 7.25. The van der Waals surface area contributed by atoms with Crippen molar-refractivity contribution in [2.24, 2.45) is 5.92 Å². The van der Waals surface area contributed by atoms with E-state index in [9.17, 15) is 19.8 Å². The van der Waals surface area contributed by atoms with Crippen LogP contribution in [0, 0.1) is 5.92 Å². The monoisotopic (exact) mass is 326 g/mol. The minimum atomic E-state index is -1.44. The predicted octanol–water partition coefficient (Wildman–Crippen LogP) is 2.99. The SMILES string of the molecule is CCCC(CC)C(O)(O)CC.O=C(O)c1cccc(C(=O)O)c1. The second kappa shape index (κ2) is 9.97. The molecule has 0 aliphatic rings. The van der Waals surface area contributed by atoms with Crippen LogP contribution in [-0.2, 0) is 0 Å². The lowest BCUT2D eigenvalue weighted by Gasteiger charge is -2.29. The van der Waals surface area contributed by atoms with Gasteiger partial charge in [0.15, 0.2) is 5.79 Å². The first-order valence-electron chi connectivity index (χ1n) is 7.70. The molecule has 23 heavy (non-hydrogen) atoms. The zero-order valence-electron chi connectivity index (χ0n) is 13.8. The highest BCUT2D eigenvalue weighted by molar-refractivity contribution is 5.93. The topological polar surface area (TPSA) is 115 Å². The molecule has 6 nitrogen and oxygen atoms in total. The molecule has 0 spiro atoms. The fourth-order valence-electron chi connectivity index (χ4n) is 2.18. The van der Waals surface area contributed by atoms with Gasteiger partial charge in [0.2, 0.25) is 0 Å². The molecule has 0 saturated heterocycles. The van der Waals surface area contributed by atoms with E-state index in [4.69, 9.17) is 10.2 Å². The Balaban J connectivity index is 0.000000423. The van der Waals surface area contributed by atoms with Crippen LogP contribution < -0.4 is 0 Å². The van der Waals surface area contributed by atoms with Gasteiger partial charge in [-0.2, -0.15) is 0 Å². The van der Waals surface area contributed by atoms with Gasteiger partial charge in [0.05, 0.1) is 11.1 Å². The highest BCUT2D eigenvalue weighted by atomic mass is 16.5. The number of benzene rings is 1. The van der Waals surface area contributed by atoms with E-state index in [1.165, 1.54) is 18.2 Å². The van der Waals surface area contributed by atoms with Crippen molar-refractivity contribution in [3.05, 3.63) is 35.4 Å². The Hall–Kier alpha value is -1.92. The molecule has 4 N–H and O–H groups in total. The summed E-state index contributed by atoms with van der Waals surface area (Å²) in [5.41, 5.74) is -0.0372. The van der Waals surface area contributed by atoms with Gasteiger partial charge in [-0.25, -0.2) is 9.59 Å². The number of aliphatic hydroxyl groups is 2. The molecular weight excluding hydrogens is 300 g/mol. The highest BCUT2D eigenvalue weighted by Gasteiger charge is 2.29. The number of carboxylic acids is 2. The second-order valence-electron chi connectivity index (χ2n) is 5.32. The van der Waals surface area contributed by atoms with Gasteiger partial charge in [0.1, 0.15) is 0 Å². The third-order valence-electron chi connectivity index (χ3n) is 3.66. The molecule has 130 valence electrons. The van der Waals surface area contributed by atoms with Gasteiger partial charge in [-0.3, -0.25) is 0 Å². The number of carbonyl (C=O) groups is 2. The van der Waals surface area contributed by atoms with Gasteiger partial charge in [-0.15, -0.1) is 0 Å². The first-order chi connectivity index (χ1) is 10.7. The van der Waals surface area contributed by atoms with Gasteiger partial charge in [0.25, 0.3) is 0 Å². The maximum atomic E-state index is 10.4. The van der Waals surface area contributed by atoms with Crippen LogP contribution in [0.1, 0.15) is 67.2 Å². The summed E-state index contributed by atoms with van der Waals surface area (Å²) in [6.07, 6.45) is 3.18. The van der Waals surface area contributed by atoms with Crippen LogP contribution in [0.2, 0.25) is 0 Å². The van der Waals surface area contributed by atoms with E-state index in [1.807, 2.05) is 6.92 Å². The van der Waals surface area contributed by atoms with E-state index in [-0.39, 0.29) is 17.0 Å². The first kappa shape index (κ1) is 21.1. The van der Waals surface area contributed by atoms with Crippen LogP contribution in [0.4, 0.5) is 0 Å². The Morgan fingerprint density at radius 3 is 1.83 bits per heavy atom. The molecule has 1 aromatic rings. The molecule has 0 heterocycles. The van der Waals surface area contributed by atoms with E-state index >= 15 is 0 Å². The molecule has 0 saturated carbocycles. The lowest BCUT2D eigenvalue weighted by atomic mass is 9.90. The molecule has 0 aromatic heterocycles. The van der Waals surface area contributed by atoms with Gasteiger partial charge in [-0.05, 0) is 37.5 Å². The number of hydrogen-bond acceptors (Lipinski definition) is 4. The maximum Gasteiger partial charge on any atom is 0.335 e. The average Bonchev–Trinajstić information content (AvgIpc) is 2.53. The molecule has 0 radical (unpaired) electrons. The lowest BCUT2D eigenvalue weighted by molar-refractivity contribution is -0.204. The van der Waals surface area contributed by atoms with Crippen molar-refractivity contribution in [2.75, 3.05) is 0 Å². The highest BCUT2D eigenvalue weighted by Crippen LogP contribution is 2.25. The third-order valence-corrected chi connectivity index (χ3v) is 3.66. The van der Waals surface area contributed by atoms with Gasteiger partial charge >= 0.3 is 11.9 Å². The Labute approximate surface area is 136 Å². The molecule has 0 aliphatic carbocycles. The van der Waals surface area contributed by atoms with Crippen LogP contribution in [0.3, 0.4) is 0 Å².